The van der Waals surface area contributed by atoms with E-state index in [0.717, 1.165) is 42.6 Å². The number of rotatable bonds is 4. The molecule has 2 heterocycles. The Kier molecular flexibility index (Phi) is 4.07. The largest absolute Gasteiger partial charge is 0.315 e. The highest BCUT2D eigenvalue weighted by Crippen LogP contribution is 2.22. The number of aromatic nitrogens is 2. The fraction of sp³-hybridized carbons (Fsp3) is 0.750. The van der Waals surface area contributed by atoms with Crippen LogP contribution >= 0.6 is 11.6 Å². The Morgan fingerprint density at radius 3 is 2.82 bits per heavy atom. The van der Waals surface area contributed by atoms with E-state index in [-0.39, 0.29) is 0 Å². The summed E-state index contributed by atoms with van der Waals surface area (Å²) < 4.78 is 1.91. The number of nitrogens with zero attached hydrogens (tertiary/aromatic N) is 3. The van der Waals surface area contributed by atoms with Crippen molar-refractivity contribution >= 4 is 11.6 Å². The molecule has 1 aromatic heterocycles. The molecule has 0 bridgehead atoms. The van der Waals surface area contributed by atoms with E-state index in [2.05, 4.69) is 22.2 Å². The third-order valence-electron chi connectivity index (χ3n) is 3.57. The lowest BCUT2D eigenvalue weighted by Gasteiger charge is -2.26. The summed E-state index contributed by atoms with van der Waals surface area (Å²) in [6.07, 6.45) is 1.22. The molecule has 17 heavy (non-hydrogen) atoms. The predicted molar refractivity (Wildman–Crippen MR) is 70.3 cm³/mol. The van der Waals surface area contributed by atoms with Gasteiger partial charge in [-0.2, -0.15) is 5.10 Å². The van der Waals surface area contributed by atoms with Crippen LogP contribution in [0.15, 0.2) is 0 Å². The summed E-state index contributed by atoms with van der Waals surface area (Å²) >= 11 is 6.30. The van der Waals surface area contributed by atoms with Gasteiger partial charge < -0.3 is 5.32 Å². The molecule has 1 unspecified atom stereocenters. The van der Waals surface area contributed by atoms with Gasteiger partial charge in [-0.3, -0.25) is 9.58 Å². The molecule has 0 aliphatic carbocycles. The molecular weight excluding hydrogens is 236 g/mol. The average Bonchev–Trinajstić information content (AvgIpc) is 2.89. The first-order valence-electron chi connectivity index (χ1n) is 6.26. The molecule has 1 N–H and O–H groups in total. The highest BCUT2D eigenvalue weighted by molar-refractivity contribution is 6.31. The van der Waals surface area contributed by atoms with Crippen molar-refractivity contribution in [1.29, 1.82) is 0 Å². The molecule has 1 aliphatic rings. The average molecular weight is 257 g/mol. The number of likely N-dealkylation sites (N-methyl/N-ethyl adjacent to an activating group) is 1. The molecular formula is C12H21ClN4. The monoisotopic (exact) mass is 256 g/mol. The van der Waals surface area contributed by atoms with Gasteiger partial charge >= 0.3 is 0 Å². The van der Waals surface area contributed by atoms with E-state index in [0.29, 0.717) is 6.04 Å². The minimum atomic E-state index is 0.631. The summed E-state index contributed by atoms with van der Waals surface area (Å²) in [6.45, 7) is 8.31. The maximum Gasteiger partial charge on any atom is 0.0860 e. The molecule has 4 nitrogen and oxygen atoms in total. The van der Waals surface area contributed by atoms with Gasteiger partial charge in [0.15, 0.2) is 0 Å². The number of aryl methyl sites for hydroxylation is 2. The van der Waals surface area contributed by atoms with Gasteiger partial charge in [-0.15, -0.1) is 0 Å². The fourth-order valence-corrected chi connectivity index (χ4v) is 2.71. The van der Waals surface area contributed by atoms with Gasteiger partial charge in [0.05, 0.1) is 16.4 Å². The predicted octanol–water partition coefficient (Wildman–Crippen LogP) is 1.57. The van der Waals surface area contributed by atoms with Crippen molar-refractivity contribution in [3.8, 4) is 0 Å². The van der Waals surface area contributed by atoms with Gasteiger partial charge in [-0.05, 0) is 26.4 Å². The molecule has 0 radical (unpaired) electrons. The lowest BCUT2D eigenvalue weighted by Crippen LogP contribution is -2.36. The second-order valence-electron chi connectivity index (χ2n) is 4.68. The van der Waals surface area contributed by atoms with Gasteiger partial charge in [0.25, 0.3) is 0 Å². The van der Waals surface area contributed by atoms with Crippen molar-refractivity contribution in [2.24, 2.45) is 7.05 Å². The van der Waals surface area contributed by atoms with Crippen LogP contribution in [0, 0.1) is 6.92 Å². The van der Waals surface area contributed by atoms with Crippen molar-refractivity contribution < 1.29 is 0 Å². The summed E-state index contributed by atoms with van der Waals surface area (Å²) in [6, 6.07) is 0.631. The topological polar surface area (TPSA) is 33.1 Å². The second kappa shape index (κ2) is 5.38. The Bertz CT molecular complexity index is 382. The molecule has 2 rings (SSSR count). The highest BCUT2D eigenvalue weighted by Gasteiger charge is 2.23. The third-order valence-corrected chi connectivity index (χ3v) is 4.06. The van der Waals surface area contributed by atoms with Crippen molar-refractivity contribution in [3.05, 3.63) is 16.4 Å². The molecule has 0 amide bonds. The normalized spacial score (nSPS) is 20.4. The van der Waals surface area contributed by atoms with Crippen LogP contribution < -0.4 is 5.32 Å². The Hall–Kier alpha value is -0.580. The van der Waals surface area contributed by atoms with Crippen molar-refractivity contribution in [3.63, 3.8) is 0 Å². The van der Waals surface area contributed by atoms with E-state index >= 15 is 0 Å². The van der Waals surface area contributed by atoms with Gasteiger partial charge in [0.2, 0.25) is 0 Å². The van der Waals surface area contributed by atoms with Gasteiger partial charge in [0.1, 0.15) is 0 Å². The molecule has 1 atom stereocenters. The zero-order valence-corrected chi connectivity index (χ0v) is 11.6. The molecule has 96 valence electrons. The van der Waals surface area contributed by atoms with Crippen LogP contribution in [0.2, 0.25) is 5.02 Å². The maximum absolute atomic E-state index is 6.30. The van der Waals surface area contributed by atoms with Crippen LogP contribution in [0.25, 0.3) is 0 Å². The summed E-state index contributed by atoms with van der Waals surface area (Å²) in [5.74, 6) is 0. The molecule has 5 heteroatoms. The molecule has 1 saturated heterocycles. The van der Waals surface area contributed by atoms with Gasteiger partial charge in [-0.1, -0.05) is 18.5 Å². The minimum absolute atomic E-state index is 0.631. The van der Waals surface area contributed by atoms with Crippen molar-refractivity contribution in [2.75, 3.05) is 19.6 Å². The van der Waals surface area contributed by atoms with Crippen molar-refractivity contribution in [2.45, 2.75) is 32.9 Å². The first-order chi connectivity index (χ1) is 8.13. The van der Waals surface area contributed by atoms with Crippen LogP contribution in [0.5, 0.6) is 0 Å². The third kappa shape index (κ3) is 2.64. The van der Waals surface area contributed by atoms with Crippen LogP contribution in [0.1, 0.15) is 24.7 Å². The Morgan fingerprint density at radius 2 is 2.35 bits per heavy atom. The second-order valence-corrected chi connectivity index (χ2v) is 5.06. The van der Waals surface area contributed by atoms with Crippen LogP contribution in [0.4, 0.5) is 0 Å². The van der Waals surface area contributed by atoms with Crippen molar-refractivity contribution in [1.82, 2.24) is 20.0 Å². The molecule has 1 aliphatic heterocycles. The fourth-order valence-electron chi connectivity index (χ4n) is 2.49. The van der Waals surface area contributed by atoms with E-state index in [9.17, 15) is 0 Å². The number of nitrogens with one attached hydrogen (secondary N) is 1. The van der Waals surface area contributed by atoms with Gasteiger partial charge in [-0.25, -0.2) is 0 Å². The van der Waals surface area contributed by atoms with Crippen LogP contribution in [0.3, 0.4) is 0 Å². The van der Waals surface area contributed by atoms with E-state index in [1.54, 1.807) is 0 Å². The molecule has 1 fully saturated rings. The summed E-state index contributed by atoms with van der Waals surface area (Å²) in [5, 5.41) is 8.59. The van der Waals surface area contributed by atoms with Crippen LogP contribution in [-0.4, -0.2) is 40.4 Å². The number of halogens is 1. The first-order valence-corrected chi connectivity index (χ1v) is 6.64. The number of hydrogen-bond acceptors (Lipinski definition) is 3. The zero-order valence-electron chi connectivity index (χ0n) is 10.8. The van der Waals surface area contributed by atoms with E-state index in [4.69, 9.17) is 11.6 Å². The molecule has 0 aromatic carbocycles. The first kappa shape index (κ1) is 12.9. The Labute approximate surface area is 108 Å². The Morgan fingerprint density at radius 1 is 1.59 bits per heavy atom. The maximum atomic E-state index is 6.30. The lowest BCUT2D eigenvalue weighted by molar-refractivity contribution is 0.205. The molecule has 0 saturated carbocycles. The SMILES string of the molecule is CCN(Cc1c(Cl)c(C)nn1C)C1CCNC1. The summed E-state index contributed by atoms with van der Waals surface area (Å²) in [4.78, 5) is 2.47. The highest BCUT2D eigenvalue weighted by atomic mass is 35.5. The summed E-state index contributed by atoms with van der Waals surface area (Å²) in [7, 11) is 1.97. The minimum Gasteiger partial charge on any atom is -0.315 e. The van der Waals surface area contributed by atoms with E-state index in [1.165, 1.54) is 6.42 Å². The zero-order chi connectivity index (χ0) is 12.4. The quantitative estimate of drug-likeness (QED) is 0.888. The molecule has 0 spiro atoms. The van der Waals surface area contributed by atoms with Gasteiger partial charge in [0, 0.05) is 26.2 Å². The Balaban J connectivity index is 2.12. The van der Waals surface area contributed by atoms with E-state index in [1.807, 2.05) is 18.7 Å². The van der Waals surface area contributed by atoms with E-state index < -0.39 is 0 Å². The number of hydrogen-bond donors (Lipinski definition) is 1. The summed E-state index contributed by atoms with van der Waals surface area (Å²) in [5.41, 5.74) is 2.04. The van der Waals surface area contributed by atoms with Crippen LogP contribution in [-0.2, 0) is 13.6 Å². The molecule has 1 aromatic rings. The smallest absolute Gasteiger partial charge is 0.0860 e. The standard InChI is InChI=1S/C12H21ClN4/c1-4-17(10-5-6-14-7-10)8-11-12(13)9(2)15-16(11)3/h10,14H,4-8H2,1-3H3. The lowest BCUT2D eigenvalue weighted by atomic mass is 10.2.